The minimum Gasteiger partial charge on any atom is -0.332 e. The number of rotatable bonds is 3. The molecule has 8 heteroatoms. The van der Waals surface area contributed by atoms with Gasteiger partial charge in [0.25, 0.3) is 5.91 Å². The molecule has 3 aromatic rings. The fourth-order valence-corrected chi connectivity index (χ4v) is 3.57. The molecule has 2 aromatic carbocycles. The molecule has 1 saturated heterocycles. The first-order valence-corrected chi connectivity index (χ1v) is 10.3. The second-order valence-electron chi connectivity index (χ2n) is 7.83. The third-order valence-corrected chi connectivity index (χ3v) is 5.33. The van der Waals surface area contributed by atoms with Crippen molar-refractivity contribution in [1.82, 2.24) is 29.5 Å². The Kier molecular flexibility index (Phi) is 5.70. The zero-order valence-corrected chi connectivity index (χ0v) is 18.0. The molecule has 0 bridgehead atoms. The zero-order chi connectivity index (χ0) is 22.0. The van der Waals surface area contributed by atoms with Crippen molar-refractivity contribution in [3.05, 3.63) is 66.0 Å². The van der Waals surface area contributed by atoms with E-state index in [0.717, 1.165) is 16.8 Å². The maximum Gasteiger partial charge on any atom is 0.319 e. The Balaban J connectivity index is 1.61. The average molecular weight is 419 g/mol. The molecule has 0 atom stereocenters. The van der Waals surface area contributed by atoms with Crippen LogP contribution in [-0.2, 0) is 0 Å². The summed E-state index contributed by atoms with van der Waals surface area (Å²) in [7, 11) is 3.46. The summed E-state index contributed by atoms with van der Waals surface area (Å²) >= 11 is 0. The normalized spacial score (nSPS) is 13.9. The first-order valence-electron chi connectivity index (χ1n) is 10.3. The lowest BCUT2D eigenvalue weighted by Crippen LogP contribution is -2.53. The molecule has 0 spiro atoms. The van der Waals surface area contributed by atoms with Crippen LogP contribution in [0.3, 0.4) is 0 Å². The van der Waals surface area contributed by atoms with Gasteiger partial charge in [-0.1, -0.05) is 48.0 Å². The number of urea groups is 1. The number of aryl methyl sites for hydroxylation is 1. The Morgan fingerprint density at radius 1 is 0.871 bits per heavy atom. The maximum atomic E-state index is 13.2. The second-order valence-corrected chi connectivity index (χ2v) is 7.83. The molecule has 31 heavy (non-hydrogen) atoms. The van der Waals surface area contributed by atoms with E-state index in [1.165, 1.54) is 0 Å². The fraction of sp³-hybridized carbons (Fsp3) is 0.304. The van der Waals surface area contributed by atoms with Crippen molar-refractivity contribution in [2.75, 3.05) is 40.3 Å². The van der Waals surface area contributed by atoms with Crippen LogP contribution < -0.4 is 0 Å². The number of nitrogens with zero attached hydrogens (tertiary/aromatic N) is 6. The van der Waals surface area contributed by atoms with E-state index in [1.54, 1.807) is 33.5 Å². The lowest BCUT2D eigenvalue weighted by Gasteiger charge is -2.35. The van der Waals surface area contributed by atoms with Gasteiger partial charge >= 0.3 is 6.03 Å². The Morgan fingerprint density at radius 2 is 1.48 bits per heavy atom. The van der Waals surface area contributed by atoms with Crippen LogP contribution >= 0.6 is 0 Å². The second kappa shape index (κ2) is 8.59. The van der Waals surface area contributed by atoms with Gasteiger partial charge in [-0.2, -0.15) is 0 Å². The van der Waals surface area contributed by atoms with Gasteiger partial charge in [0.15, 0.2) is 5.82 Å². The first-order chi connectivity index (χ1) is 14.9. The highest BCUT2D eigenvalue weighted by Crippen LogP contribution is 2.22. The Bertz CT molecular complexity index is 1070. The van der Waals surface area contributed by atoms with Crippen LogP contribution in [0.5, 0.6) is 0 Å². The molecule has 8 nitrogen and oxygen atoms in total. The van der Waals surface area contributed by atoms with E-state index in [2.05, 4.69) is 10.1 Å². The molecule has 0 radical (unpaired) electrons. The van der Waals surface area contributed by atoms with Crippen LogP contribution in [0.25, 0.3) is 17.1 Å². The highest BCUT2D eigenvalue weighted by atomic mass is 16.2. The molecule has 0 unspecified atom stereocenters. The topological polar surface area (TPSA) is 74.6 Å². The third-order valence-electron chi connectivity index (χ3n) is 5.33. The van der Waals surface area contributed by atoms with E-state index < -0.39 is 0 Å². The summed E-state index contributed by atoms with van der Waals surface area (Å²) in [6, 6.07) is 17.6. The van der Waals surface area contributed by atoms with Crippen LogP contribution in [0.2, 0.25) is 0 Å². The number of benzene rings is 2. The van der Waals surface area contributed by atoms with E-state index in [9.17, 15) is 9.59 Å². The number of hydrogen-bond acceptors (Lipinski definition) is 4. The van der Waals surface area contributed by atoms with Crippen LogP contribution in [-0.4, -0.2) is 81.7 Å². The largest absolute Gasteiger partial charge is 0.332 e. The summed E-state index contributed by atoms with van der Waals surface area (Å²) in [6.07, 6.45) is 0. The molecule has 0 saturated carbocycles. The van der Waals surface area contributed by atoms with Gasteiger partial charge in [0, 0.05) is 45.8 Å². The van der Waals surface area contributed by atoms with Gasteiger partial charge in [-0.3, -0.25) is 4.79 Å². The van der Waals surface area contributed by atoms with E-state index in [1.807, 2.05) is 61.5 Å². The SMILES string of the molecule is Cc1ccc(-n2nc(C(=O)N3CCN(C(=O)N(C)C)CC3)nc2-c2ccccc2)cc1. The Labute approximate surface area is 181 Å². The van der Waals surface area contributed by atoms with Gasteiger partial charge in [0.1, 0.15) is 0 Å². The van der Waals surface area contributed by atoms with Crippen molar-refractivity contribution < 1.29 is 9.59 Å². The number of hydrogen-bond donors (Lipinski definition) is 0. The highest BCUT2D eigenvalue weighted by Gasteiger charge is 2.28. The van der Waals surface area contributed by atoms with Gasteiger partial charge in [-0.15, -0.1) is 5.10 Å². The maximum absolute atomic E-state index is 13.2. The van der Waals surface area contributed by atoms with E-state index in [-0.39, 0.29) is 17.8 Å². The van der Waals surface area contributed by atoms with Crippen molar-refractivity contribution >= 4 is 11.9 Å². The summed E-state index contributed by atoms with van der Waals surface area (Å²) in [6.45, 7) is 3.93. The van der Waals surface area contributed by atoms with E-state index >= 15 is 0 Å². The van der Waals surface area contributed by atoms with Crippen LogP contribution in [0, 0.1) is 6.92 Å². The molecular formula is C23H26N6O2. The summed E-state index contributed by atoms with van der Waals surface area (Å²) < 4.78 is 1.72. The molecule has 0 aliphatic carbocycles. The lowest BCUT2D eigenvalue weighted by atomic mass is 10.2. The van der Waals surface area contributed by atoms with Crippen molar-refractivity contribution in [2.45, 2.75) is 6.92 Å². The van der Waals surface area contributed by atoms with Gasteiger partial charge in [0.2, 0.25) is 5.82 Å². The quantitative estimate of drug-likeness (QED) is 0.656. The third kappa shape index (κ3) is 4.28. The first kappa shape index (κ1) is 20.6. The highest BCUT2D eigenvalue weighted by molar-refractivity contribution is 5.91. The summed E-state index contributed by atoms with van der Waals surface area (Å²) in [5.74, 6) is 0.557. The summed E-state index contributed by atoms with van der Waals surface area (Å²) in [4.78, 5) is 34.9. The van der Waals surface area contributed by atoms with Crippen molar-refractivity contribution in [1.29, 1.82) is 0 Å². The average Bonchev–Trinajstić information content (AvgIpc) is 3.24. The molecule has 4 rings (SSSR count). The number of amides is 3. The number of carbonyl (C=O) groups is 2. The molecule has 3 amide bonds. The van der Waals surface area contributed by atoms with Crippen molar-refractivity contribution in [3.8, 4) is 17.1 Å². The molecule has 2 heterocycles. The molecule has 160 valence electrons. The summed E-state index contributed by atoms with van der Waals surface area (Å²) in [5, 5.41) is 4.57. The molecule has 1 aromatic heterocycles. The van der Waals surface area contributed by atoms with Crippen LogP contribution in [0.1, 0.15) is 16.2 Å². The van der Waals surface area contributed by atoms with E-state index in [4.69, 9.17) is 0 Å². The fourth-order valence-electron chi connectivity index (χ4n) is 3.57. The molecule has 0 N–H and O–H groups in total. The minimum absolute atomic E-state index is 0.0414. The van der Waals surface area contributed by atoms with Gasteiger partial charge in [0.05, 0.1) is 5.69 Å². The Hall–Kier alpha value is -3.68. The molecule has 1 fully saturated rings. The predicted octanol–water partition coefficient (Wildman–Crippen LogP) is 2.68. The standard InChI is InChI=1S/C23H26N6O2/c1-17-9-11-19(12-10-17)29-21(18-7-5-4-6-8-18)24-20(25-29)22(30)27-13-15-28(16-14-27)23(31)26(2)3/h4-12H,13-16H2,1-3H3. The van der Waals surface area contributed by atoms with Crippen molar-refractivity contribution in [2.24, 2.45) is 0 Å². The number of carbonyl (C=O) groups excluding carboxylic acids is 2. The monoisotopic (exact) mass is 418 g/mol. The van der Waals surface area contributed by atoms with Gasteiger partial charge in [-0.25, -0.2) is 14.5 Å². The Morgan fingerprint density at radius 3 is 2.10 bits per heavy atom. The van der Waals surface area contributed by atoms with E-state index in [0.29, 0.717) is 32.0 Å². The number of piperazine rings is 1. The minimum atomic E-state index is -0.222. The van der Waals surface area contributed by atoms with Crippen LogP contribution in [0.15, 0.2) is 54.6 Å². The molecule has 1 aliphatic heterocycles. The number of aromatic nitrogens is 3. The predicted molar refractivity (Wildman–Crippen MR) is 118 cm³/mol. The zero-order valence-electron chi connectivity index (χ0n) is 18.0. The molecular weight excluding hydrogens is 392 g/mol. The van der Waals surface area contributed by atoms with Gasteiger partial charge < -0.3 is 14.7 Å². The van der Waals surface area contributed by atoms with Crippen molar-refractivity contribution in [3.63, 3.8) is 0 Å². The van der Waals surface area contributed by atoms with Gasteiger partial charge in [-0.05, 0) is 19.1 Å². The van der Waals surface area contributed by atoms with Crippen LogP contribution in [0.4, 0.5) is 4.79 Å². The summed E-state index contributed by atoms with van der Waals surface area (Å²) in [5.41, 5.74) is 2.87. The smallest absolute Gasteiger partial charge is 0.319 e. The molecule has 1 aliphatic rings. The lowest BCUT2D eigenvalue weighted by molar-refractivity contribution is 0.0638.